The quantitative estimate of drug-likeness (QED) is 0.117. The number of amides is 1. The van der Waals surface area contributed by atoms with Crippen LogP contribution in [-0.4, -0.2) is 80.7 Å². The van der Waals surface area contributed by atoms with Gasteiger partial charge in [-0.2, -0.15) is 5.26 Å². The van der Waals surface area contributed by atoms with Crippen LogP contribution in [0.25, 0.3) is 10.9 Å². The zero-order chi connectivity index (χ0) is 26.5. The molecule has 5 N–H and O–H groups in total. The van der Waals surface area contributed by atoms with Gasteiger partial charge in [0.15, 0.2) is 12.3 Å². The number of aliphatic hydroxyl groups excluding tert-OH is 1. The molecular formula is C25H33F3N6O5. The van der Waals surface area contributed by atoms with E-state index in [0.29, 0.717) is 18.4 Å². The average molecular weight is 555 g/mol. The number of carbonyl (C=O) groups excluding carboxylic acids is 1. The Morgan fingerprint density at radius 3 is 2.49 bits per heavy atom. The standard InChI is InChI=1S/C23H30N6O3.C2HFO2.2FH/c30-12-11-28(8-7-18-13-24-21-4-2-1-3-20(18)21)16-17-5-9-29(10-6-17)23-25-14-19(15-26-23)22(31)27-32;3-1-2-5-4;;/h1-4,13-15,17,24,30,32H,5-12,16H2,(H,27,31);4H;2*1H. The molecule has 39 heavy (non-hydrogen) atoms. The first-order valence-corrected chi connectivity index (χ1v) is 11.9. The fraction of sp³-hybridized carbons (Fsp3) is 0.400. The molecule has 3 aromatic rings. The van der Waals surface area contributed by atoms with Crippen molar-refractivity contribution < 1.29 is 39.1 Å². The number of hydroxylamine groups is 1. The van der Waals surface area contributed by atoms with Gasteiger partial charge in [-0.15, -0.1) is 4.39 Å². The zero-order valence-corrected chi connectivity index (χ0v) is 21.1. The van der Waals surface area contributed by atoms with Crippen molar-refractivity contribution in [2.24, 2.45) is 5.92 Å². The Bertz CT molecular complexity index is 1180. The van der Waals surface area contributed by atoms with Crippen LogP contribution in [0.1, 0.15) is 28.8 Å². The van der Waals surface area contributed by atoms with Crippen LogP contribution in [0.2, 0.25) is 0 Å². The molecule has 0 atom stereocenters. The molecule has 1 saturated heterocycles. The molecule has 1 fully saturated rings. The maximum absolute atomic E-state index is 11.4. The lowest BCUT2D eigenvalue weighted by Gasteiger charge is -2.34. The summed E-state index contributed by atoms with van der Waals surface area (Å²) < 4.78 is 10.3. The monoisotopic (exact) mass is 554 g/mol. The lowest BCUT2D eigenvalue weighted by molar-refractivity contribution is -0.172. The van der Waals surface area contributed by atoms with E-state index in [1.807, 2.05) is 6.07 Å². The van der Waals surface area contributed by atoms with Crippen molar-refractivity contribution in [1.82, 2.24) is 25.3 Å². The van der Waals surface area contributed by atoms with Gasteiger partial charge in [-0.25, -0.2) is 15.4 Å². The number of para-hydroxylation sites is 1. The van der Waals surface area contributed by atoms with Crippen LogP contribution < -0.4 is 10.4 Å². The van der Waals surface area contributed by atoms with Crippen LogP contribution in [0.3, 0.4) is 0 Å². The van der Waals surface area contributed by atoms with Crippen molar-refractivity contribution >= 4 is 22.8 Å². The van der Waals surface area contributed by atoms with Crippen molar-refractivity contribution in [1.29, 1.82) is 0 Å². The first kappa shape index (κ1) is 33.1. The second-order valence-corrected chi connectivity index (χ2v) is 8.56. The highest BCUT2D eigenvalue weighted by molar-refractivity contribution is 5.92. The number of rotatable bonds is 9. The summed E-state index contributed by atoms with van der Waals surface area (Å²) in [5, 5.41) is 26.7. The van der Waals surface area contributed by atoms with E-state index >= 15 is 0 Å². The maximum Gasteiger partial charge on any atom is 0.277 e. The van der Waals surface area contributed by atoms with E-state index in [2.05, 4.69) is 54.0 Å². The van der Waals surface area contributed by atoms with Crippen LogP contribution >= 0.6 is 0 Å². The molecule has 214 valence electrons. The predicted octanol–water partition coefficient (Wildman–Crippen LogP) is 2.50. The van der Waals surface area contributed by atoms with E-state index in [1.165, 1.54) is 29.4 Å². The van der Waals surface area contributed by atoms with Crippen molar-refractivity contribution in [2.45, 2.75) is 19.3 Å². The number of aromatic nitrogens is 3. The van der Waals surface area contributed by atoms with E-state index in [0.717, 1.165) is 57.1 Å². The molecule has 3 heterocycles. The summed E-state index contributed by atoms with van der Waals surface area (Å²) in [4.78, 5) is 30.7. The van der Waals surface area contributed by atoms with E-state index in [9.17, 15) is 14.3 Å². The molecule has 11 nitrogen and oxygen atoms in total. The minimum atomic E-state index is -0.619. The minimum Gasteiger partial charge on any atom is -0.395 e. The van der Waals surface area contributed by atoms with Crippen LogP contribution in [0.5, 0.6) is 0 Å². The number of nitrogens with zero attached hydrogens (tertiary/aromatic N) is 4. The Kier molecular flexibility index (Phi) is 14.9. The summed E-state index contributed by atoms with van der Waals surface area (Å²) in [6.45, 7) is 4.43. The van der Waals surface area contributed by atoms with Crippen molar-refractivity contribution in [3.8, 4) is 12.3 Å². The number of hydrogen-bond acceptors (Lipinski definition) is 9. The molecule has 0 spiro atoms. The molecule has 0 radical (unpaired) electrons. The number of fused-ring (bicyclic) bond motifs is 1. The Labute approximate surface area is 223 Å². The van der Waals surface area contributed by atoms with E-state index < -0.39 is 5.91 Å². The highest BCUT2D eigenvalue weighted by Gasteiger charge is 2.23. The molecule has 0 saturated carbocycles. The summed E-state index contributed by atoms with van der Waals surface area (Å²) >= 11 is 0. The highest BCUT2D eigenvalue weighted by Crippen LogP contribution is 2.23. The smallest absolute Gasteiger partial charge is 0.277 e. The van der Waals surface area contributed by atoms with Gasteiger partial charge in [0.1, 0.15) is 0 Å². The van der Waals surface area contributed by atoms with Crippen LogP contribution in [-0.2, 0) is 11.3 Å². The number of aromatic amines is 1. The fourth-order valence-corrected chi connectivity index (χ4v) is 4.42. The van der Waals surface area contributed by atoms with Gasteiger partial charge in [0.05, 0.1) is 12.2 Å². The number of benzene rings is 1. The molecule has 2 aromatic heterocycles. The molecule has 1 aliphatic rings. The predicted molar refractivity (Wildman–Crippen MR) is 139 cm³/mol. The highest BCUT2D eigenvalue weighted by atomic mass is 19.1. The summed E-state index contributed by atoms with van der Waals surface area (Å²) in [5.74, 6) is 0.538. The molecule has 0 bridgehead atoms. The summed E-state index contributed by atoms with van der Waals surface area (Å²) in [6.07, 6.45) is 9.99. The molecular weight excluding hydrogens is 521 g/mol. The Morgan fingerprint density at radius 2 is 1.90 bits per heavy atom. The third kappa shape index (κ3) is 9.73. The van der Waals surface area contributed by atoms with Crippen LogP contribution in [0, 0.1) is 18.2 Å². The van der Waals surface area contributed by atoms with Gasteiger partial charge in [0, 0.05) is 62.2 Å². The van der Waals surface area contributed by atoms with E-state index in [-0.39, 0.29) is 21.6 Å². The topological polar surface area (TPSA) is 147 Å². The number of aliphatic hydroxyl groups is 1. The molecule has 0 aliphatic carbocycles. The van der Waals surface area contributed by atoms with Gasteiger partial charge in [0.25, 0.3) is 5.91 Å². The van der Waals surface area contributed by atoms with Gasteiger partial charge in [-0.1, -0.05) is 18.2 Å². The lowest BCUT2D eigenvalue weighted by atomic mass is 9.96. The summed E-state index contributed by atoms with van der Waals surface area (Å²) in [7, 11) is 0. The number of halogens is 3. The van der Waals surface area contributed by atoms with Gasteiger partial charge in [-0.05, 0) is 36.8 Å². The molecule has 1 aromatic carbocycles. The second kappa shape index (κ2) is 17.6. The zero-order valence-electron chi connectivity index (χ0n) is 21.1. The van der Waals surface area contributed by atoms with Crippen molar-refractivity contribution in [3.05, 3.63) is 54.0 Å². The van der Waals surface area contributed by atoms with E-state index in [4.69, 9.17) is 10.5 Å². The Morgan fingerprint density at radius 1 is 1.21 bits per heavy atom. The Hall–Kier alpha value is -3.90. The lowest BCUT2D eigenvalue weighted by Crippen LogP contribution is -2.40. The molecule has 1 amide bonds. The number of nitrogens with one attached hydrogen (secondary N) is 2. The third-order valence-corrected chi connectivity index (χ3v) is 6.29. The summed E-state index contributed by atoms with van der Waals surface area (Å²) in [6, 6.07) is 8.35. The van der Waals surface area contributed by atoms with Gasteiger partial charge in [-0.3, -0.25) is 24.3 Å². The largest absolute Gasteiger partial charge is 0.395 e. The third-order valence-electron chi connectivity index (χ3n) is 6.29. The van der Waals surface area contributed by atoms with E-state index in [1.54, 1.807) is 5.48 Å². The SMILES string of the molecule is F.F.O=C(NO)c1cnc(N2CCC(CN(CCO)CCc3c[nH]c4ccccc34)CC2)nc1.OOC#CF. The fourth-order valence-electron chi connectivity index (χ4n) is 4.42. The molecule has 0 unspecified atom stereocenters. The summed E-state index contributed by atoms with van der Waals surface area (Å²) in [5.41, 5.74) is 4.29. The number of carbonyl (C=O) groups is 1. The van der Waals surface area contributed by atoms with Gasteiger partial charge >= 0.3 is 0 Å². The molecule has 4 rings (SSSR count). The van der Waals surface area contributed by atoms with Crippen molar-refractivity contribution in [3.63, 3.8) is 0 Å². The normalized spacial score (nSPS) is 12.8. The average Bonchev–Trinajstić information content (AvgIpc) is 3.36. The second-order valence-electron chi connectivity index (χ2n) is 8.56. The number of H-pyrrole nitrogens is 1. The number of anilines is 1. The molecule has 14 heteroatoms. The van der Waals surface area contributed by atoms with Crippen LogP contribution in [0.15, 0.2) is 42.9 Å². The minimum absolute atomic E-state index is 0. The molecule has 1 aliphatic heterocycles. The first-order chi connectivity index (χ1) is 18.1. The number of hydrogen-bond donors (Lipinski definition) is 5. The van der Waals surface area contributed by atoms with Gasteiger partial charge < -0.3 is 19.9 Å². The van der Waals surface area contributed by atoms with Gasteiger partial charge in [0.2, 0.25) is 5.95 Å². The van der Waals surface area contributed by atoms with Crippen LogP contribution in [0.4, 0.5) is 19.7 Å². The van der Waals surface area contributed by atoms with Crippen molar-refractivity contribution in [2.75, 3.05) is 44.2 Å². The maximum atomic E-state index is 11.4. The number of piperidine rings is 1. The Balaban J connectivity index is 0.000000998. The first-order valence-electron chi connectivity index (χ1n) is 11.9.